The second kappa shape index (κ2) is 6.17. The van der Waals surface area contributed by atoms with E-state index in [1.165, 1.54) is 18.3 Å². The molecule has 2 aromatic carbocycles. The van der Waals surface area contributed by atoms with Gasteiger partial charge in [0, 0.05) is 18.1 Å². The average molecular weight is 294 g/mol. The molecule has 22 heavy (non-hydrogen) atoms. The third-order valence-electron chi connectivity index (χ3n) is 3.26. The summed E-state index contributed by atoms with van der Waals surface area (Å²) >= 11 is 0. The summed E-state index contributed by atoms with van der Waals surface area (Å²) < 4.78 is 0. The number of benzene rings is 2. The standard InChI is InChI=1S/C16H14N4O2/c21-13-7-6-12(15(22)8-13)10-17-19-16-9-14(18-20-16)11-4-2-1-3-5-11/h1-8,10,14,21-22H,9H2/b17-10+,19-16+/t14-/m1/s1. The van der Waals surface area contributed by atoms with Crippen LogP contribution in [0.4, 0.5) is 0 Å². The van der Waals surface area contributed by atoms with E-state index in [1.807, 2.05) is 30.3 Å². The molecule has 110 valence electrons. The molecule has 1 heterocycles. The molecule has 6 heteroatoms. The van der Waals surface area contributed by atoms with E-state index in [0.717, 1.165) is 5.56 Å². The van der Waals surface area contributed by atoms with Gasteiger partial charge in [-0.1, -0.05) is 30.3 Å². The Hall–Kier alpha value is -3.02. The van der Waals surface area contributed by atoms with Crippen molar-refractivity contribution in [2.75, 3.05) is 0 Å². The van der Waals surface area contributed by atoms with Gasteiger partial charge in [0.15, 0.2) is 5.84 Å². The molecule has 1 atom stereocenters. The number of nitrogens with zero attached hydrogens (tertiary/aromatic N) is 4. The molecule has 0 spiro atoms. The van der Waals surface area contributed by atoms with Gasteiger partial charge in [0.05, 0.1) is 6.21 Å². The van der Waals surface area contributed by atoms with Crippen molar-refractivity contribution in [3.05, 3.63) is 59.7 Å². The Balaban J connectivity index is 1.67. The van der Waals surface area contributed by atoms with E-state index in [4.69, 9.17) is 0 Å². The monoisotopic (exact) mass is 294 g/mol. The maximum atomic E-state index is 9.63. The molecule has 0 aliphatic carbocycles. The van der Waals surface area contributed by atoms with Crippen molar-refractivity contribution in [1.29, 1.82) is 0 Å². The Kier molecular flexibility index (Phi) is 3.91. The van der Waals surface area contributed by atoms with Gasteiger partial charge in [0.2, 0.25) is 0 Å². The highest BCUT2D eigenvalue weighted by Crippen LogP contribution is 2.27. The Morgan fingerprint density at radius 3 is 2.68 bits per heavy atom. The fourth-order valence-corrected chi connectivity index (χ4v) is 2.11. The first kappa shape index (κ1) is 13.9. The van der Waals surface area contributed by atoms with E-state index < -0.39 is 0 Å². The van der Waals surface area contributed by atoms with Crippen molar-refractivity contribution in [2.24, 2.45) is 20.4 Å². The molecule has 6 nitrogen and oxygen atoms in total. The molecule has 3 rings (SSSR count). The van der Waals surface area contributed by atoms with Gasteiger partial charge < -0.3 is 10.2 Å². The molecule has 2 aromatic rings. The van der Waals surface area contributed by atoms with Crippen LogP contribution in [0.5, 0.6) is 11.5 Å². The van der Waals surface area contributed by atoms with Crippen molar-refractivity contribution in [2.45, 2.75) is 12.5 Å². The minimum Gasteiger partial charge on any atom is -0.508 e. The first-order valence-corrected chi connectivity index (χ1v) is 6.80. The van der Waals surface area contributed by atoms with Crippen LogP contribution in [0.1, 0.15) is 23.6 Å². The highest BCUT2D eigenvalue weighted by molar-refractivity contribution is 5.87. The predicted octanol–water partition coefficient (Wildman–Crippen LogP) is 3.43. The van der Waals surface area contributed by atoms with Crippen molar-refractivity contribution in [3.63, 3.8) is 0 Å². The van der Waals surface area contributed by atoms with Crippen LogP contribution >= 0.6 is 0 Å². The number of rotatable bonds is 3. The number of phenolic OH excluding ortho intramolecular Hbond substituents is 2. The maximum Gasteiger partial charge on any atom is 0.175 e. The minimum absolute atomic E-state index is 0.00346. The number of aromatic hydroxyl groups is 2. The molecule has 0 aromatic heterocycles. The average Bonchev–Trinajstić information content (AvgIpc) is 2.99. The van der Waals surface area contributed by atoms with Gasteiger partial charge in [-0.25, -0.2) is 0 Å². The SMILES string of the molecule is Oc1ccc(/C=N/N=C2\C[C@H](c3ccccc3)N=N2)c(O)c1. The van der Waals surface area contributed by atoms with E-state index in [9.17, 15) is 10.2 Å². The quantitative estimate of drug-likeness (QED) is 0.670. The van der Waals surface area contributed by atoms with Gasteiger partial charge in [-0.2, -0.15) is 10.2 Å². The number of amidine groups is 1. The first-order valence-electron chi connectivity index (χ1n) is 6.80. The fraction of sp³-hybridized carbons (Fsp3) is 0.125. The molecule has 1 aliphatic rings. The molecule has 2 N–H and O–H groups in total. The third kappa shape index (κ3) is 3.17. The Morgan fingerprint density at radius 1 is 1.09 bits per heavy atom. The van der Waals surface area contributed by atoms with Crippen molar-refractivity contribution < 1.29 is 10.2 Å². The second-order valence-electron chi connectivity index (χ2n) is 4.85. The first-order chi connectivity index (χ1) is 10.7. The van der Waals surface area contributed by atoms with Crippen molar-refractivity contribution in [1.82, 2.24) is 0 Å². The molecule has 1 aliphatic heterocycles. The van der Waals surface area contributed by atoms with E-state index in [-0.39, 0.29) is 17.5 Å². The number of hydrogen-bond donors (Lipinski definition) is 2. The van der Waals surface area contributed by atoms with Gasteiger partial charge in [-0.3, -0.25) is 0 Å². The molecule has 0 amide bonds. The van der Waals surface area contributed by atoms with Crippen LogP contribution in [0.3, 0.4) is 0 Å². The summed E-state index contributed by atoms with van der Waals surface area (Å²) in [7, 11) is 0. The van der Waals surface area contributed by atoms with E-state index in [2.05, 4.69) is 20.4 Å². The summed E-state index contributed by atoms with van der Waals surface area (Å²) in [5.74, 6) is 0.485. The van der Waals surface area contributed by atoms with Crippen LogP contribution in [0.2, 0.25) is 0 Å². The summed E-state index contributed by atoms with van der Waals surface area (Å²) in [6.45, 7) is 0. The lowest BCUT2D eigenvalue weighted by atomic mass is 10.1. The van der Waals surface area contributed by atoms with Crippen LogP contribution in [-0.4, -0.2) is 22.3 Å². The van der Waals surface area contributed by atoms with Gasteiger partial charge in [-0.05, 0) is 17.7 Å². The zero-order chi connectivity index (χ0) is 15.4. The molecule has 0 saturated heterocycles. The van der Waals surface area contributed by atoms with E-state index >= 15 is 0 Å². The molecule has 0 fully saturated rings. The van der Waals surface area contributed by atoms with Crippen molar-refractivity contribution in [3.8, 4) is 11.5 Å². The largest absolute Gasteiger partial charge is 0.508 e. The van der Waals surface area contributed by atoms with E-state index in [0.29, 0.717) is 17.8 Å². The van der Waals surface area contributed by atoms with Crippen LogP contribution in [0.25, 0.3) is 0 Å². The van der Waals surface area contributed by atoms with Gasteiger partial charge in [0.25, 0.3) is 0 Å². The summed E-state index contributed by atoms with van der Waals surface area (Å²) in [5, 5.41) is 35.0. The van der Waals surface area contributed by atoms with Gasteiger partial charge >= 0.3 is 0 Å². The topological polar surface area (TPSA) is 89.9 Å². The molecule has 0 radical (unpaired) electrons. The van der Waals surface area contributed by atoms with Gasteiger partial charge in [0.1, 0.15) is 17.5 Å². The predicted molar refractivity (Wildman–Crippen MR) is 83.5 cm³/mol. The summed E-state index contributed by atoms with van der Waals surface area (Å²) in [6.07, 6.45) is 2.01. The lowest BCUT2D eigenvalue weighted by Gasteiger charge is -2.02. The lowest BCUT2D eigenvalue weighted by molar-refractivity contribution is 0.450. The summed E-state index contributed by atoms with van der Waals surface area (Å²) in [6, 6.07) is 14.1. The zero-order valence-electron chi connectivity index (χ0n) is 11.7. The highest BCUT2D eigenvalue weighted by atomic mass is 16.3. The zero-order valence-corrected chi connectivity index (χ0v) is 11.7. The molecular formula is C16H14N4O2. The summed E-state index contributed by atoms with van der Waals surface area (Å²) in [5.41, 5.74) is 1.56. The van der Waals surface area contributed by atoms with E-state index in [1.54, 1.807) is 6.07 Å². The third-order valence-corrected chi connectivity index (χ3v) is 3.26. The highest BCUT2D eigenvalue weighted by Gasteiger charge is 2.19. The van der Waals surface area contributed by atoms with Gasteiger partial charge in [-0.15, -0.1) is 10.2 Å². The molecule has 0 bridgehead atoms. The summed E-state index contributed by atoms with van der Waals surface area (Å²) in [4.78, 5) is 0. The molecule has 0 unspecified atom stereocenters. The number of azo groups is 1. The van der Waals surface area contributed by atoms with Crippen LogP contribution in [0, 0.1) is 0 Å². The smallest absolute Gasteiger partial charge is 0.175 e. The normalized spacial score (nSPS) is 19.3. The Bertz CT molecular complexity index is 754. The Labute approximate surface area is 127 Å². The number of hydrogen-bond acceptors (Lipinski definition) is 5. The van der Waals surface area contributed by atoms with Crippen LogP contribution < -0.4 is 0 Å². The minimum atomic E-state index is -0.0563. The fourth-order valence-electron chi connectivity index (χ4n) is 2.11. The van der Waals surface area contributed by atoms with Crippen LogP contribution in [-0.2, 0) is 0 Å². The number of phenols is 2. The molecule has 0 saturated carbocycles. The molecular weight excluding hydrogens is 280 g/mol. The maximum absolute atomic E-state index is 9.63. The van der Waals surface area contributed by atoms with Crippen LogP contribution in [0.15, 0.2) is 69.0 Å². The second-order valence-corrected chi connectivity index (χ2v) is 4.85. The van der Waals surface area contributed by atoms with Crippen molar-refractivity contribution >= 4 is 12.1 Å². The lowest BCUT2D eigenvalue weighted by Crippen LogP contribution is -1.95. The Morgan fingerprint density at radius 2 is 1.91 bits per heavy atom.